The van der Waals surface area contributed by atoms with E-state index in [0.717, 1.165) is 25.0 Å². The van der Waals surface area contributed by atoms with E-state index in [1.54, 1.807) is 29.2 Å². The lowest BCUT2D eigenvalue weighted by Gasteiger charge is -2.30. The molecule has 1 aliphatic rings. The van der Waals surface area contributed by atoms with Crippen LogP contribution in [0.4, 0.5) is 14.5 Å². The summed E-state index contributed by atoms with van der Waals surface area (Å²) in [6.45, 7) is 1.21. The van der Waals surface area contributed by atoms with Gasteiger partial charge in [0.1, 0.15) is 5.71 Å². The van der Waals surface area contributed by atoms with Gasteiger partial charge in [0, 0.05) is 36.1 Å². The highest BCUT2D eigenvalue weighted by atomic mass is 19.2. The quantitative estimate of drug-likeness (QED) is 0.319. The third-order valence-corrected chi connectivity index (χ3v) is 5.50. The molecule has 10 heteroatoms. The SMILES string of the molecule is NN=C(C=Nc1ccc(C(=O)N2CCC[C@H](N)C2)cc1)c1cc2cc(F)c(F)cc2[nH]c1=O. The summed E-state index contributed by atoms with van der Waals surface area (Å²) in [6, 6.07) is 9.87. The molecular formula is C23H22F2N6O2. The summed E-state index contributed by atoms with van der Waals surface area (Å²) in [5.74, 6) is 3.25. The van der Waals surface area contributed by atoms with Crippen molar-refractivity contribution in [1.82, 2.24) is 9.88 Å². The van der Waals surface area contributed by atoms with E-state index in [4.69, 9.17) is 11.6 Å². The number of hydrogen-bond donors (Lipinski definition) is 3. The maximum atomic E-state index is 13.6. The molecule has 5 N–H and O–H groups in total. The minimum atomic E-state index is -1.06. The van der Waals surface area contributed by atoms with Crippen LogP contribution >= 0.6 is 0 Å². The van der Waals surface area contributed by atoms with Gasteiger partial charge in [-0.3, -0.25) is 14.6 Å². The van der Waals surface area contributed by atoms with Gasteiger partial charge in [0.15, 0.2) is 11.6 Å². The van der Waals surface area contributed by atoms with Crippen LogP contribution in [0.5, 0.6) is 0 Å². The van der Waals surface area contributed by atoms with Crippen molar-refractivity contribution in [3.63, 3.8) is 0 Å². The van der Waals surface area contributed by atoms with Crippen LogP contribution in [0.3, 0.4) is 0 Å². The molecule has 0 bridgehead atoms. The van der Waals surface area contributed by atoms with Gasteiger partial charge in [-0.05, 0) is 49.2 Å². The second kappa shape index (κ2) is 9.29. The van der Waals surface area contributed by atoms with Crippen molar-refractivity contribution in [3.8, 4) is 0 Å². The topological polar surface area (TPSA) is 130 Å². The number of hydrogen-bond acceptors (Lipinski definition) is 6. The van der Waals surface area contributed by atoms with Crippen molar-refractivity contribution in [2.75, 3.05) is 13.1 Å². The Kier molecular flexibility index (Phi) is 6.27. The fraction of sp³-hybridized carbons (Fsp3) is 0.217. The first-order chi connectivity index (χ1) is 15.9. The predicted octanol–water partition coefficient (Wildman–Crippen LogP) is 2.43. The second-order valence-electron chi connectivity index (χ2n) is 7.84. The monoisotopic (exact) mass is 452 g/mol. The van der Waals surface area contributed by atoms with Crippen LogP contribution in [-0.4, -0.2) is 46.8 Å². The van der Waals surface area contributed by atoms with E-state index >= 15 is 0 Å². The van der Waals surface area contributed by atoms with Crippen LogP contribution < -0.4 is 17.1 Å². The Morgan fingerprint density at radius 2 is 1.88 bits per heavy atom. The largest absolute Gasteiger partial charge is 0.337 e. The van der Waals surface area contributed by atoms with E-state index < -0.39 is 17.2 Å². The lowest BCUT2D eigenvalue weighted by atomic mass is 10.1. The van der Waals surface area contributed by atoms with Crippen molar-refractivity contribution in [1.29, 1.82) is 0 Å². The minimum Gasteiger partial charge on any atom is -0.337 e. The molecule has 0 unspecified atom stereocenters. The van der Waals surface area contributed by atoms with Crippen LogP contribution in [0.2, 0.25) is 0 Å². The van der Waals surface area contributed by atoms with Gasteiger partial charge in [-0.2, -0.15) is 5.10 Å². The first-order valence-corrected chi connectivity index (χ1v) is 10.3. The first-order valence-electron chi connectivity index (χ1n) is 10.3. The Labute approximate surface area is 187 Å². The number of pyridine rings is 1. The van der Waals surface area contributed by atoms with Gasteiger partial charge >= 0.3 is 0 Å². The Bertz CT molecular complexity index is 1320. The molecule has 0 spiro atoms. The maximum absolute atomic E-state index is 13.6. The number of amides is 1. The van der Waals surface area contributed by atoms with Gasteiger partial charge in [-0.15, -0.1) is 0 Å². The van der Waals surface area contributed by atoms with Crippen LogP contribution in [0.15, 0.2) is 57.4 Å². The zero-order valence-corrected chi connectivity index (χ0v) is 17.6. The zero-order valence-electron chi connectivity index (χ0n) is 17.6. The Morgan fingerprint density at radius 1 is 1.15 bits per heavy atom. The highest BCUT2D eigenvalue weighted by molar-refractivity contribution is 6.38. The number of aliphatic imine (C=N–C) groups is 1. The number of halogens is 2. The standard InChI is InChI=1S/C23H22F2N6O2/c24-18-9-14-8-17(22(32)29-20(14)10-19(18)25)21(30-27)11-28-16-5-3-13(4-6-16)23(33)31-7-1-2-15(26)12-31/h3-6,8-11,15H,1-2,7,12,26-27H2,(H,29,32)/t15-/m0/s1. The molecule has 4 rings (SSSR count). The Balaban J connectivity index is 1.54. The summed E-state index contributed by atoms with van der Waals surface area (Å²) >= 11 is 0. The van der Waals surface area contributed by atoms with Crippen molar-refractivity contribution in [3.05, 3.63) is 75.6 Å². The number of nitrogens with two attached hydrogens (primary N) is 2. The van der Waals surface area contributed by atoms with Crippen LogP contribution in [0, 0.1) is 11.6 Å². The van der Waals surface area contributed by atoms with E-state index in [2.05, 4.69) is 15.1 Å². The number of piperidine rings is 1. The number of carbonyl (C=O) groups excluding carboxylic acids is 1. The molecule has 1 aliphatic heterocycles. The number of hydrazone groups is 1. The smallest absolute Gasteiger partial charge is 0.258 e. The van der Waals surface area contributed by atoms with Crippen molar-refractivity contribution >= 4 is 34.4 Å². The molecule has 1 amide bonds. The fourth-order valence-electron chi connectivity index (χ4n) is 3.77. The lowest BCUT2D eigenvalue weighted by Crippen LogP contribution is -2.45. The number of carbonyl (C=O) groups is 1. The summed E-state index contributed by atoms with van der Waals surface area (Å²) in [4.78, 5) is 33.6. The van der Waals surface area contributed by atoms with Crippen LogP contribution in [0.1, 0.15) is 28.8 Å². The molecule has 0 saturated carbocycles. The van der Waals surface area contributed by atoms with Gasteiger partial charge in [-0.1, -0.05) is 0 Å². The van der Waals surface area contributed by atoms with Gasteiger partial charge in [0.25, 0.3) is 11.5 Å². The first kappa shape index (κ1) is 22.3. The summed E-state index contributed by atoms with van der Waals surface area (Å²) in [5, 5.41) is 3.88. The predicted molar refractivity (Wildman–Crippen MR) is 123 cm³/mol. The molecule has 1 aromatic heterocycles. The number of aromatic amines is 1. The number of likely N-dealkylation sites (tertiary alicyclic amines) is 1. The van der Waals surface area contributed by atoms with Crippen LogP contribution in [-0.2, 0) is 0 Å². The lowest BCUT2D eigenvalue weighted by molar-refractivity contribution is 0.0709. The number of H-pyrrole nitrogens is 1. The number of aromatic nitrogens is 1. The molecule has 1 saturated heterocycles. The summed E-state index contributed by atoms with van der Waals surface area (Å²) in [6.07, 6.45) is 3.08. The van der Waals surface area contributed by atoms with E-state index in [0.29, 0.717) is 24.3 Å². The highest BCUT2D eigenvalue weighted by Gasteiger charge is 2.22. The molecule has 3 aromatic rings. The second-order valence-corrected chi connectivity index (χ2v) is 7.84. The molecule has 1 atom stereocenters. The molecule has 170 valence electrons. The zero-order chi connectivity index (χ0) is 23.5. The van der Waals surface area contributed by atoms with E-state index in [1.165, 1.54) is 12.3 Å². The van der Waals surface area contributed by atoms with E-state index in [1.807, 2.05) is 0 Å². The molecule has 8 nitrogen and oxygen atoms in total. The summed E-state index contributed by atoms with van der Waals surface area (Å²) < 4.78 is 27.0. The molecule has 0 aliphatic carbocycles. The van der Waals surface area contributed by atoms with Crippen LogP contribution in [0.25, 0.3) is 10.9 Å². The Hall–Kier alpha value is -3.92. The number of nitrogens with one attached hydrogen (secondary N) is 1. The van der Waals surface area contributed by atoms with Gasteiger partial charge < -0.3 is 21.5 Å². The molecular weight excluding hydrogens is 430 g/mol. The van der Waals surface area contributed by atoms with E-state index in [9.17, 15) is 18.4 Å². The minimum absolute atomic E-state index is 0.00526. The summed E-state index contributed by atoms with van der Waals surface area (Å²) in [5.41, 5.74) is 6.65. The third-order valence-electron chi connectivity index (χ3n) is 5.50. The fourth-order valence-corrected chi connectivity index (χ4v) is 3.77. The Morgan fingerprint density at radius 3 is 2.58 bits per heavy atom. The molecule has 2 heterocycles. The van der Waals surface area contributed by atoms with Crippen molar-refractivity contribution in [2.24, 2.45) is 21.7 Å². The van der Waals surface area contributed by atoms with Crippen molar-refractivity contribution < 1.29 is 13.6 Å². The highest BCUT2D eigenvalue weighted by Crippen LogP contribution is 2.18. The molecule has 33 heavy (non-hydrogen) atoms. The van der Waals surface area contributed by atoms with Gasteiger partial charge in [-0.25, -0.2) is 8.78 Å². The van der Waals surface area contributed by atoms with Gasteiger partial charge in [0.05, 0.1) is 23.0 Å². The van der Waals surface area contributed by atoms with Crippen molar-refractivity contribution in [2.45, 2.75) is 18.9 Å². The number of rotatable bonds is 4. The maximum Gasteiger partial charge on any atom is 0.258 e. The average molecular weight is 452 g/mol. The van der Waals surface area contributed by atoms with Gasteiger partial charge in [0.2, 0.25) is 0 Å². The number of fused-ring (bicyclic) bond motifs is 1. The average Bonchev–Trinajstić information content (AvgIpc) is 2.81. The third kappa shape index (κ3) is 4.80. The normalized spacial score (nSPS) is 17.1. The number of nitrogens with zero attached hydrogens (tertiary/aromatic N) is 3. The summed E-state index contributed by atoms with van der Waals surface area (Å²) in [7, 11) is 0. The molecule has 1 fully saturated rings. The molecule has 0 radical (unpaired) electrons. The van der Waals surface area contributed by atoms with E-state index in [-0.39, 0.29) is 34.1 Å². The number of benzene rings is 2. The molecule has 2 aromatic carbocycles.